The lowest BCUT2D eigenvalue weighted by Gasteiger charge is -2.10. The molecule has 1 N–H and O–H groups in total. The third-order valence-corrected chi connectivity index (χ3v) is 6.10. The van der Waals surface area contributed by atoms with Gasteiger partial charge in [0.2, 0.25) is 0 Å². The van der Waals surface area contributed by atoms with Gasteiger partial charge in [-0.3, -0.25) is 19.7 Å². The maximum Gasteiger partial charge on any atom is 0.290 e. The van der Waals surface area contributed by atoms with Gasteiger partial charge in [-0.1, -0.05) is 36.4 Å². The summed E-state index contributed by atoms with van der Waals surface area (Å²) in [6.07, 6.45) is 2.51. The van der Waals surface area contributed by atoms with Crippen LogP contribution in [0.2, 0.25) is 0 Å². The Morgan fingerprint density at radius 3 is 2.52 bits per heavy atom. The average Bonchev–Trinajstić information content (AvgIpc) is 3.05. The number of benzene rings is 3. The summed E-state index contributed by atoms with van der Waals surface area (Å²) in [4.78, 5) is 34.2. The average molecular weight is 468 g/mol. The number of ether oxygens (including phenoxy) is 1. The van der Waals surface area contributed by atoms with Gasteiger partial charge >= 0.3 is 0 Å². The lowest BCUT2D eigenvalue weighted by Crippen LogP contribution is -2.17. The van der Waals surface area contributed by atoms with E-state index in [1.54, 1.807) is 18.2 Å². The van der Waals surface area contributed by atoms with Crippen LogP contribution in [-0.4, -0.2) is 17.4 Å². The SMILES string of the molecule is O=Cc1ccc(COc2ccc3c(Br)c(C=C4SC(=O)NC4=O)ccc3c2)cc1. The topological polar surface area (TPSA) is 72.5 Å². The highest BCUT2D eigenvalue weighted by molar-refractivity contribution is 9.10. The number of nitrogens with one attached hydrogen (secondary N) is 1. The lowest BCUT2D eigenvalue weighted by molar-refractivity contribution is -0.115. The molecule has 2 amide bonds. The van der Waals surface area contributed by atoms with Gasteiger partial charge in [0, 0.05) is 10.0 Å². The monoisotopic (exact) mass is 467 g/mol. The molecule has 0 bridgehead atoms. The molecule has 5 nitrogen and oxygen atoms in total. The van der Waals surface area contributed by atoms with Crippen molar-refractivity contribution in [3.63, 3.8) is 0 Å². The Bertz CT molecular complexity index is 1170. The summed E-state index contributed by atoms with van der Waals surface area (Å²) in [6.45, 7) is 0.399. The van der Waals surface area contributed by atoms with E-state index < -0.39 is 0 Å². The van der Waals surface area contributed by atoms with Crippen molar-refractivity contribution >= 4 is 62.0 Å². The summed E-state index contributed by atoms with van der Waals surface area (Å²) in [6, 6.07) is 16.8. The van der Waals surface area contributed by atoms with Crippen LogP contribution in [0.3, 0.4) is 0 Å². The first-order chi connectivity index (χ1) is 14.0. The molecule has 1 aliphatic heterocycles. The Hall–Kier alpha value is -2.90. The van der Waals surface area contributed by atoms with Crippen molar-refractivity contribution < 1.29 is 19.1 Å². The second-order valence-corrected chi connectivity index (χ2v) is 8.16. The molecule has 29 heavy (non-hydrogen) atoms. The van der Waals surface area contributed by atoms with Crippen LogP contribution >= 0.6 is 27.7 Å². The van der Waals surface area contributed by atoms with E-state index in [-0.39, 0.29) is 11.1 Å². The Kier molecular flexibility index (Phi) is 5.51. The number of carbonyl (C=O) groups is 3. The van der Waals surface area contributed by atoms with E-state index in [0.717, 1.165) is 50.2 Å². The van der Waals surface area contributed by atoms with Crippen molar-refractivity contribution in [2.75, 3.05) is 0 Å². The number of aldehydes is 1. The second kappa shape index (κ2) is 8.23. The predicted molar refractivity (Wildman–Crippen MR) is 117 cm³/mol. The molecule has 7 heteroatoms. The number of amides is 2. The number of halogens is 1. The molecule has 0 unspecified atom stereocenters. The van der Waals surface area contributed by atoms with Gasteiger partial charge in [-0.05, 0) is 73.9 Å². The Morgan fingerprint density at radius 1 is 1.03 bits per heavy atom. The van der Waals surface area contributed by atoms with E-state index in [9.17, 15) is 14.4 Å². The minimum absolute atomic E-state index is 0.360. The van der Waals surface area contributed by atoms with Gasteiger partial charge in [-0.25, -0.2) is 0 Å². The largest absolute Gasteiger partial charge is 0.489 e. The first-order valence-electron chi connectivity index (χ1n) is 8.67. The molecule has 3 aromatic rings. The standard InChI is InChI=1S/C22H14BrNO4S/c23-20-16(10-19-21(26)24-22(27)29-19)6-5-15-9-17(7-8-18(15)20)28-12-14-3-1-13(11-25)2-4-14/h1-11H,12H2,(H,24,26,27). The van der Waals surface area contributed by atoms with Crippen molar-refractivity contribution in [3.05, 3.63) is 80.7 Å². The van der Waals surface area contributed by atoms with Crippen LogP contribution in [0.1, 0.15) is 21.5 Å². The molecule has 1 fully saturated rings. The van der Waals surface area contributed by atoms with Crippen LogP contribution < -0.4 is 10.1 Å². The normalized spacial score (nSPS) is 15.0. The van der Waals surface area contributed by atoms with Crippen LogP contribution in [0.4, 0.5) is 4.79 Å². The third kappa shape index (κ3) is 4.26. The van der Waals surface area contributed by atoms with E-state index in [1.165, 1.54) is 0 Å². The van der Waals surface area contributed by atoms with E-state index in [2.05, 4.69) is 21.2 Å². The number of carbonyl (C=O) groups excluding carboxylic acids is 3. The first kappa shape index (κ1) is 19.4. The van der Waals surface area contributed by atoms with Crippen LogP contribution in [0.15, 0.2) is 64.0 Å². The highest BCUT2D eigenvalue weighted by Gasteiger charge is 2.25. The predicted octanol–water partition coefficient (Wildman–Crippen LogP) is 5.32. The summed E-state index contributed by atoms with van der Waals surface area (Å²) < 4.78 is 6.71. The summed E-state index contributed by atoms with van der Waals surface area (Å²) in [7, 11) is 0. The smallest absolute Gasteiger partial charge is 0.290 e. The van der Waals surface area contributed by atoms with E-state index in [1.807, 2.05) is 42.5 Å². The zero-order valence-electron chi connectivity index (χ0n) is 15.0. The fourth-order valence-electron chi connectivity index (χ4n) is 2.91. The van der Waals surface area contributed by atoms with Gasteiger partial charge in [0.15, 0.2) is 0 Å². The molecule has 0 radical (unpaired) electrons. The number of imide groups is 1. The molecule has 4 rings (SSSR count). The number of fused-ring (bicyclic) bond motifs is 1. The van der Waals surface area contributed by atoms with Gasteiger partial charge in [0.05, 0.1) is 4.91 Å². The fourth-order valence-corrected chi connectivity index (χ4v) is 4.19. The minimum Gasteiger partial charge on any atom is -0.489 e. The van der Waals surface area contributed by atoms with Gasteiger partial charge in [0.1, 0.15) is 18.6 Å². The molecule has 1 heterocycles. The van der Waals surface area contributed by atoms with Crippen molar-refractivity contribution in [1.82, 2.24) is 5.32 Å². The highest BCUT2D eigenvalue weighted by atomic mass is 79.9. The molecular weight excluding hydrogens is 454 g/mol. The van der Waals surface area contributed by atoms with E-state index in [4.69, 9.17) is 4.74 Å². The van der Waals surface area contributed by atoms with E-state index in [0.29, 0.717) is 17.1 Å². The zero-order valence-corrected chi connectivity index (χ0v) is 17.4. The maximum absolute atomic E-state index is 11.8. The maximum atomic E-state index is 11.8. The number of hydrogen-bond donors (Lipinski definition) is 1. The Labute approximate surface area is 179 Å². The Morgan fingerprint density at radius 2 is 1.83 bits per heavy atom. The molecule has 1 saturated heterocycles. The summed E-state index contributed by atoms with van der Waals surface area (Å²) >= 11 is 4.49. The van der Waals surface area contributed by atoms with Crippen LogP contribution in [0.5, 0.6) is 5.75 Å². The molecule has 3 aromatic carbocycles. The Balaban J connectivity index is 1.55. The van der Waals surface area contributed by atoms with Crippen LogP contribution in [0.25, 0.3) is 16.8 Å². The molecule has 0 atom stereocenters. The molecule has 0 spiro atoms. The van der Waals surface area contributed by atoms with Gasteiger partial charge < -0.3 is 4.74 Å². The van der Waals surface area contributed by atoms with E-state index >= 15 is 0 Å². The lowest BCUT2D eigenvalue weighted by atomic mass is 10.1. The van der Waals surface area contributed by atoms with Crippen molar-refractivity contribution in [2.45, 2.75) is 6.61 Å². The van der Waals surface area contributed by atoms with Gasteiger partial charge in [-0.2, -0.15) is 0 Å². The van der Waals surface area contributed by atoms with Crippen molar-refractivity contribution in [1.29, 1.82) is 0 Å². The molecule has 1 aliphatic rings. The van der Waals surface area contributed by atoms with Crippen molar-refractivity contribution in [3.8, 4) is 5.75 Å². The highest BCUT2D eigenvalue weighted by Crippen LogP contribution is 2.34. The summed E-state index contributed by atoms with van der Waals surface area (Å²) in [5.41, 5.74) is 2.42. The molecule has 144 valence electrons. The molecule has 0 aromatic heterocycles. The number of thioether (sulfide) groups is 1. The first-order valence-corrected chi connectivity index (χ1v) is 10.3. The summed E-state index contributed by atoms with van der Waals surface area (Å²) in [5.74, 6) is 0.350. The number of rotatable bonds is 5. The van der Waals surface area contributed by atoms with Crippen LogP contribution in [-0.2, 0) is 11.4 Å². The quantitative estimate of drug-likeness (QED) is 0.406. The second-order valence-electron chi connectivity index (χ2n) is 6.35. The van der Waals surface area contributed by atoms with Crippen molar-refractivity contribution in [2.24, 2.45) is 0 Å². The number of hydrogen-bond acceptors (Lipinski definition) is 5. The van der Waals surface area contributed by atoms with Gasteiger partial charge in [-0.15, -0.1) is 0 Å². The fraction of sp³-hybridized carbons (Fsp3) is 0.0455. The minimum atomic E-state index is -0.378. The molecule has 0 saturated carbocycles. The zero-order chi connectivity index (χ0) is 20.4. The molecular formula is C22H14BrNO4S. The third-order valence-electron chi connectivity index (χ3n) is 4.41. The van der Waals surface area contributed by atoms with Crippen LogP contribution in [0, 0.1) is 0 Å². The summed E-state index contributed by atoms with van der Waals surface area (Å²) in [5, 5.41) is 3.84. The molecule has 0 aliphatic carbocycles. The van der Waals surface area contributed by atoms with Gasteiger partial charge in [0.25, 0.3) is 11.1 Å².